The number of rotatable bonds is 2. The molecule has 108 valence electrons. The molecule has 1 heteroatoms. The Morgan fingerprint density at radius 2 is 1.68 bits per heavy atom. The minimum Gasteiger partial charge on any atom is -0.0765 e. The van der Waals surface area contributed by atoms with Crippen LogP contribution in [0.3, 0.4) is 0 Å². The number of halogens is 1. The summed E-state index contributed by atoms with van der Waals surface area (Å²) in [5.74, 6) is 0.570. The summed E-state index contributed by atoms with van der Waals surface area (Å²) in [4.78, 5) is 0. The van der Waals surface area contributed by atoms with Gasteiger partial charge in [-0.25, -0.2) is 0 Å². The van der Waals surface area contributed by atoms with Crippen LogP contribution in [0.15, 0.2) is 36.0 Å². The van der Waals surface area contributed by atoms with Crippen molar-refractivity contribution < 1.29 is 0 Å². The normalized spacial score (nSPS) is 26.0. The molecule has 0 saturated carbocycles. The predicted molar refractivity (Wildman–Crippen MR) is 90.7 cm³/mol. The first kappa shape index (κ1) is 16.8. The number of hydrogen-bond donors (Lipinski definition) is 0. The van der Waals surface area contributed by atoms with Crippen molar-refractivity contribution in [3.63, 3.8) is 0 Å². The molecular formula is C18H29Br. The summed E-state index contributed by atoms with van der Waals surface area (Å²) in [5.41, 5.74) is 2.07. The molecular weight excluding hydrogens is 296 g/mol. The van der Waals surface area contributed by atoms with Gasteiger partial charge in [-0.05, 0) is 35.7 Å². The number of alkyl halides is 1. The molecule has 0 amide bonds. The molecule has 0 fully saturated rings. The lowest BCUT2D eigenvalue weighted by atomic mass is 9.68. The van der Waals surface area contributed by atoms with Crippen LogP contribution in [0.2, 0.25) is 0 Å². The summed E-state index contributed by atoms with van der Waals surface area (Å²) >= 11 is 3.79. The maximum Gasteiger partial charge on any atom is 0.0597 e. The Hall–Kier alpha value is -0.300. The fourth-order valence-corrected chi connectivity index (χ4v) is 3.00. The summed E-state index contributed by atoms with van der Waals surface area (Å²) in [5, 5.41) is 0. The van der Waals surface area contributed by atoms with E-state index in [1.54, 1.807) is 0 Å². The average Bonchev–Trinajstić information content (AvgIpc) is 2.32. The molecule has 0 bridgehead atoms. The van der Waals surface area contributed by atoms with E-state index in [4.69, 9.17) is 0 Å². The summed E-state index contributed by atoms with van der Waals surface area (Å²) in [6.45, 7) is 16.2. The largest absolute Gasteiger partial charge is 0.0765 e. The maximum absolute atomic E-state index is 3.79. The van der Waals surface area contributed by atoms with Crippen molar-refractivity contribution >= 4 is 15.9 Å². The molecule has 1 aliphatic rings. The highest BCUT2D eigenvalue weighted by Gasteiger charge is 2.32. The van der Waals surface area contributed by atoms with E-state index in [9.17, 15) is 0 Å². The van der Waals surface area contributed by atoms with Gasteiger partial charge >= 0.3 is 0 Å². The van der Waals surface area contributed by atoms with Gasteiger partial charge in [0.2, 0.25) is 0 Å². The van der Waals surface area contributed by atoms with E-state index in [0.717, 1.165) is 0 Å². The van der Waals surface area contributed by atoms with Gasteiger partial charge in [0.25, 0.3) is 0 Å². The van der Waals surface area contributed by atoms with Crippen LogP contribution in [0.5, 0.6) is 0 Å². The average molecular weight is 325 g/mol. The summed E-state index contributed by atoms with van der Waals surface area (Å²) in [7, 11) is 0. The van der Waals surface area contributed by atoms with E-state index in [0.29, 0.717) is 11.3 Å². The van der Waals surface area contributed by atoms with Crippen LogP contribution in [0.25, 0.3) is 0 Å². The van der Waals surface area contributed by atoms with E-state index in [1.807, 2.05) is 0 Å². The highest BCUT2D eigenvalue weighted by atomic mass is 79.9. The lowest BCUT2D eigenvalue weighted by molar-refractivity contribution is 0.199. The van der Waals surface area contributed by atoms with Crippen LogP contribution in [-0.2, 0) is 0 Å². The lowest BCUT2D eigenvalue weighted by Crippen LogP contribution is -2.27. The van der Waals surface area contributed by atoms with Crippen molar-refractivity contribution in [1.29, 1.82) is 0 Å². The van der Waals surface area contributed by atoms with Crippen molar-refractivity contribution in [3.05, 3.63) is 36.0 Å². The zero-order valence-electron chi connectivity index (χ0n) is 13.5. The molecule has 2 unspecified atom stereocenters. The zero-order chi connectivity index (χ0) is 14.9. The zero-order valence-corrected chi connectivity index (χ0v) is 15.1. The van der Waals surface area contributed by atoms with Crippen molar-refractivity contribution in [3.8, 4) is 0 Å². The molecule has 0 heterocycles. The monoisotopic (exact) mass is 324 g/mol. The molecule has 0 saturated heterocycles. The van der Waals surface area contributed by atoms with Crippen LogP contribution in [-0.4, -0.2) is 4.32 Å². The fraction of sp³-hybridized carbons (Fsp3) is 0.667. The molecule has 0 N–H and O–H groups in total. The van der Waals surface area contributed by atoms with Gasteiger partial charge < -0.3 is 0 Å². The van der Waals surface area contributed by atoms with Gasteiger partial charge in [-0.2, -0.15) is 0 Å². The molecule has 0 aromatic heterocycles. The Kier molecular flexibility index (Phi) is 4.93. The lowest BCUT2D eigenvalue weighted by Gasteiger charge is -2.37. The van der Waals surface area contributed by atoms with Crippen LogP contribution >= 0.6 is 15.9 Å². The van der Waals surface area contributed by atoms with Crippen LogP contribution in [0, 0.1) is 16.7 Å². The van der Waals surface area contributed by atoms with Crippen molar-refractivity contribution in [2.45, 2.75) is 59.2 Å². The van der Waals surface area contributed by atoms with Gasteiger partial charge in [-0.3, -0.25) is 0 Å². The third-order valence-corrected chi connectivity index (χ3v) is 4.03. The Labute approximate surface area is 128 Å². The summed E-state index contributed by atoms with van der Waals surface area (Å²) < 4.78 is -0.0345. The first-order valence-corrected chi connectivity index (χ1v) is 7.98. The van der Waals surface area contributed by atoms with Crippen molar-refractivity contribution in [1.82, 2.24) is 0 Å². The second-order valence-corrected chi connectivity index (χ2v) is 9.91. The molecule has 2 atom stereocenters. The molecule has 1 aliphatic carbocycles. The second-order valence-electron chi connectivity index (χ2n) is 8.20. The number of allylic oxidation sites excluding steroid dienone is 6. The molecule has 19 heavy (non-hydrogen) atoms. The first-order chi connectivity index (χ1) is 8.41. The Balaban J connectivity index is 3.15. The third kappa shape index (κ3) is 5.69. The quantitative estimate of drug-likeness (QED) is 0.523. The van der Waals surface area contributed by atoms with E-state index in [-0.39, 0.29) is 9.74 Å². The van der Waals surface area contributed by atoms with E-state index in [1.165, 1.54) is 12.0 Å². The van der Waals surface area contributed by atoms with Gasteiger partial charge in [0.05, 0.1) is 4.32 Å². The van der Waals surface area contributed by atoms with Gasteiger partial charge in [0.15, 0.2) is 0 Å². The van der Waals surface area contributed by atoms with Gasteiger partial charge in [-0.1, -0.05) is 87.9 Å². The van der Waals surface area contributed by atoms with Gasteiger partial charge in [0, 0.05) is 0 Å². The molecule has 1 rings (SSSR count). The molecule has 0 aliphatic heterocycles. The molecule has 0 radical (unpaired) electrons. The minimum absolute atomic E-state index is 0.0345. The third-order valence-electron chi connectivity index (χ3n) is 3.54. The Bertz CT molecular complexity index is 394. The van der Waals surface area contributed by atoms with E-state index >= 15 is 0 Å². The smallest absolute Gasteiger partial charge is 0.0597 e. The fourth-order valence-electron chi connectivity index (χ4n) is 2.59. The molecule has 0 nitrogen and oxygen atoms in total. The van der Waals surface area contributed by atoms with Gasteiger partial charge in [-0.15, -0.1) is 0 Å². The van der Waals surface area contributed by atoms with Gasteiger partial charge in [0.1, 0.15) is 0 Å². The SMILES string of the molecule is CC1(Br)C=CC=CC(C(CC(C)(C)C)C(C)(C)C)=C1. The maximum atomic E-state index is 3.79. The minimum atomic E-state index is -0.0345. The van der Waals surface area contributed by atoms with Crippen molar-refractivity contribution in [2.75, 3.05) is 0 Å². The van der Waals surface area contributed by atoms with Crippen LogP contribution < -0.4 is 0 Å². The molecule has 0 aromatic carbocycles. The predicted octanol–water partition coefficient (Wildman–Crippen LogP) is 6.29. The van der Waals surface area contributed by atoms with Crippen LogP contribution in [0.4, 0.5) is 0 Å². The van der Waals surface area contributed by atoms with Crippen molar-refractivity contribution in [2.24, 2.45) is 16.7 Å². The highest BCUT2D eigenvalue weighted by molar-refractivity contribution is 9.10. The summed E-state index contributed by atoms with van der Waals surface area (Å²) in [6, 6.07) is 0. The van der Waals surface area contributed by atoms with Crippen LogP contribution in [0.1, 0.15) is 54.9 Å². The standard InChI is InChI=1S/C18H29Br/c1-16(2,3)13-15(17(4,5)6)14-10-8-9-11-18(7,19)12-14/h8-12,15H,13H2,1-7H3. The highest BCUT2D eigenvalue weighted by Crippen LogP contribution is 2.42. The molecule has 0 aromatic rings. The Morgan fingerprint density at radius 1 is 1.11 bits per heavy atom. The van der Waals surface area contributed by atoms with E-state index in [2.05, 4.69) is 94.8 Å². The first-order valence-electron chi connectivity index (χ1n) is 7.18. The van der Waals surface area contributed by atoms with E-state index < -0.39 is 0 Å². The topological polar surface area (TPSA) is 0 Å². The summed E-state index contributed by atoms with van der Waals surface area (Å²) in [6.07, 6.45) is 12.4. The molecule has 0 spiro atoms. The Morgan fingerprint density at radius 3 is 2.16 bits per heavy atom. The second kappa shape index (κ2) is 5.60. The number of hydrogen-bond acceptors (Lipinski definition) is 0.